The zero-order valence-electron chi connectivity index (χ0n) is 7.49. The van der Waals surface area contributed by atoms with E-state index < -0.39 is 12.0 Å². The minimum absolute atomic E-state index is 0.0845. The average Bonchev–Trinajstić information content (AvgIpc) is 2.11. The maximum absolute atomic E-state index is 10.8. The summed E-state index contributed by atoms with van der Waals surface area (Å²) in [4.78, 5) is 21.1. The second-order valence-electron chi connectivity index (χ2n) is 2.54. The van der Waals surface area contributed by atoms with Gasteiger partial charge in [0, 0.05) is 6.42 Å². The third-order valence-electron chi connectivity index (χ3n) is 1.50. The van der Waals surface area contributed by atoms with Crippen LogP contribution in [0, 0.1) is 0 Å². The molecule has 1 unspecified atom stereocenters. The summed E-state index contributed by atoms with van der Waals surface area (Å²) in [6, 6.07) is -1.14. The highest BCUT2D eigenvalue weighted by atomic mass is 16.4. The summed E-state index contributed by atoms with van der Waals surface area (Å²) in [5.74, 6) is -1.24. The van der Waals surface area contributed by atoms with Crippen molar-refractivity contribution in [2.24, 2.45) is 5.73 Å². The Morgan fingerprint density at radius 2 is 2.08 bits per heavy atom. The Morgan fingerprint density at radius 3 is 2.46 bits per heavy atom. The van der Waals surface area contributed by atoms with Gasteiger partial charge >= 0.3 is 5.97 Å². The van der Waals surface area contributed by atoms with E-state index in [1.165, 1.54) is 12.2 Å². The van der Waals surface area contributed by atoms with Gasteiger partial charge in [-0.05, 0) is 11.6 Å². The highest BCUT2D eigenvalue weighted by molar-refractivity contribution is 5.90. The van der Waals surface area contributed by atoms with Crippen molar-refractivity contribution >= 4 is 11.8 Å². The third kappa shape index (κ3) is 4.22. The highest BCUT2D eigenvalue weighted by Gasteiger charge is 2.12. The number of carbonyl (C=O) groups is 2. The van der Waals surface area contributed by atoms with Crippen LogP contribution in [0.5, 0.6) is 0 Å². The molecule has 0 aliphatic heterocycles. The van der Waals surface area contributed by atoms with Crippen LogP contribution in [-0.2, 0) is 9.59 Å². The van der Waals surface area contributed by atoms with Gasteiger partial charge in [0.2, 0.25) is 0 Å². The summed E-state index contributed by atoms with van der Waals surface area (Å²) in [6.07, 6.45) is 3.00. The van der Waals surface area contributed by atoms with Gasteiger partial charge in [-0.1, -0.05) is 19.6 Å². The first-order valence-corrected chi connectivity index (χ1v) is 3.87. The fraction of sp³-hybridized carbons (Fsp3) is 0.333. The van der Waals surface area contributed by atoms with Crippen LogP contribution in [0.4, 0.5) is 0 Å². The molecule has 0 spiro atoms. The second-order valence-corrected chi connectivity index (χ2v) is 2.54. The van der Waals surface area contributed by atoms with Gasteiger partial charge in [0.25, 0.3) is 0 Å². The first kappa shape index (κ1) is 11.6. The van der Waals surface area contributed by atoms with Crippen LogP contribution in [0.2, 0.25) is 0 Å². The lowest BCUT2D eigenvalue weighted by molar-refractivity contribution is -0.137. The van der Waals surface area contributed by atoms with E-state index in [2.05, 4.69) is 6.58 Å². The second kappa shape index (κ2) is 5.27. The van der Waals surface area contributed by atoms with Crippen LogP contribution in [0.3, 0.4) is 0 Å². The SMILES string of the molecule is C=C(/C=C\C(=O)CC)C(N)C(=O)O. The van der Waals surface area contributed by atoms with E-state index in [4.69, 9.17) is 10.8 Å². The van der Waals surface area contributed by atoms with Crippen molar-refractivity contribution in [3.05, 3.63) is 24.3 Å². The molecule has 0 saturated heterocycles. The molecule has 0 aromatic heterocycles. The minimum atomic E-state index is -1.15. The summed E-state index contributed by atoms with van der Waals surface area (Å²) in [5.41, 5.74) is 5.44. The molecule has 0 aromatic carbocycles. The van der Waals surface area contributed by atoms with Gasteiger partial charge in [-0.15, -0.1) is 0 Å². The lowest BCUT2D eigenvalue weighted by Gasteiger charge is -2.04. The highest BCUT2D eigenvalue weighted by Crippen LogP contribution is 1.99. The van der Waals surface area contributed by atoms with Crippen molar-refractivity contribution in [1.82, 2.24) is 0 Å². The smallest absolute Gasteiger partial charge is 0.325 e. The van der Waals surface area contributed by atoms with Crippen molar-refractivity contribution in [3.8, 4) is 0 Å². The molecule has 1 atom stereocenters. The monoisotopic (exact) mass is 183 g/mol. The number of allylic oxidation sites excluding steroid dienone is 1. The molecular formula is C9H13NO3. The van der Waals surface area contributed by atoms with Crippen molar-refractivity contribution in [2.45, 2.75) is 19.4 Å². The van der Waals surface area contributed by atoms with Gasteiger partial charge in [0.1, 0.15) is 6.04 Å². The number of rotatable bonds is 5. The molecule has 72 valence electrons. The molecule has 0 aliphatic carbocycles. The molecule has 4 nitrogen and oxygen atoms in total. The topological polar surface area (TPSA) is 80.4 Å². The predicted octanol–water partition coefficient (Wildman–Crippen LogP) is 0.490. The standard InChI is InChI=1S/C9H13NO3/c1-3-7(11)5-4-6(2)8(10)9(12)13/h4-5,8H,2-3,10H2,1H3,(H,12,13)/b5-4-. The number of carbonyl (C=O) groups excluding carboxylic acids is 1. The zero-order chi connectivity index (χ0) is 10.4. The summed E-state index contributed by atoms with van der Waals surface area (Å²) < 4.78 is 0. The van der Waals surface area contributed by atoms with Crippen molar-refractivity contribution in [1.29, 1.82) is 0 Å². The zero-order valence-corrected chi connectivity index (χ0v) is 7.49. The van der Waals surface area contributed by atoms with E-state index >= 15 is 0 Å². The maximum Gasteiger partial charge on any atom is 0.325 e. The number of carboxylic acid groups (broad SMARTS) is 1. The Morgan fingerprint density at radius 1 is 1.54 bits per heavy atom. The van der Waals surface area contributed by atoms with Gasteiger partial charge in [0.05, 0.1) is 0 Å². The molecule has 13 heavy (non-hydrogen) atoms. The van der Waals surface area contributed by atoms with Gasteiger partial charge in [-0.25, -0.2) is 0 Å². The molecule has 0 rings (SSSR count). The molecule has 4 heteroatoms. The fourth-order valence-corrected chi connectivity index (χ4v) is 0.580. The Labute approximate surface area is 76.7 Å². The summed E-state index contributed by atoms with van der Waals surface area (Å²) in [6.45, 7) is 5.15. The van der Waals surface area contributed by atoms with Gasteiger partial charge < -0.3 is 10.8 Å². The summed E-state index contributed by atoms with van der Waals surface area (Å²) in [7, 11) is 0. The summed E-state index contributed by atoms with van der Waals surface area (Å²) in [5, 5.41) is 8.47. The van der Waals surface area contributed by atoms with Gasteiger partial charge in [-0.2, -0.15) is 0 Å². The van der Waals surface area contributed by atoms with Crippen LogP contribution in [0.15, 0.2) is 24.3 Å². The van der Waals surface area contributed by atoms with E-state index in [0.29, 0.717) is 6.42 Å². The molecule has 0 bridgehead atoms. The first-order valence-electron chi connectivity index (χ1n) is 3.87. The summed E-state index contributed by atoms with van der Waals surface area (Å²) >= 11 is 0. The van der Waals surface area contributed by atoms with Gasteiger partial charge in [0.15, 0.2) is 5.78 Å². The van der Waals surface area contributed by atoms with E-state index in [1.807, 2.05) is 0 Å². The Kier molecular flexibility index (Phi) is 4.69. The number of aliphatic carboxylic acids is 1. The Balaban J connectivity index is 4.23. The van der Waals surface area contributed by atoms with Crippen LogP contribution in [0.25, 0.3) is 0 Å². The molecule has 0 amide bonds. The molecular weight excluding hydrogens is 170 g/mol. The molecule has 3 N–H and O–H groups in total. The van der Waals surface area contributed by atoms with Crippen LogP contribution in [-0.4, -0.2) is 22.9 Å². The van der Waals surface area contributed by atoms with Crippen molar-refractivity contribution < 1.29 is 14.7 Å². The van der Waals surface area contributed by atoms with Gasteiger partial charge in [-0.3, -0.25) is 9.59 Å². The molecule has 0 fully saturated rings. The van der Waals surface area contributed by atoms with Crippen molar-refractivity contribution in [3.63, 3.8) is 0 Å². The predicted molar refractivity (Wildman–Crippen MR) is 49.2 cm³/mol. The average molecular weight is 183 g/mol. The first-order chi connectivity index (χ1) is 5.99. The third-order valence-corrected chi connectivity index (χ3v) is 1.50. The molecule has 0 saturated carbocycles. The lowest BCUT2D eigenvalue weighted by Crippen LogP contribution is -2.31. The molecule has 0 heterocycles. The quantitative estimate of drug-likeness (QED) is 0.480. The number of nitrogens with two attached hydrogens (primary N) is 1. The lowest BCUT2D eigenvalue weighted by atomic mass is 10.1. The van der Waals surface area contributed by atoms with Crippen molar-refractivity contribution in [2.75, 3.05) is 0 Å². The van der Waals surface area contributed by atoms with Crippen LogP contribution >= 0.6 is 0 Å². The normalized spacial score (nSPS) is 12.8. The minimum Gasteiger partial charge on any atom is -0.480 e. The maximum atomic E-state index is 10.8. The Hall–Kier alpha value is -1.42. The van der Waals surface area contributed by atoms with E-state index in [0.717, 1.165) is 0 Å². The van der Waals surface area contributed by atoms with E-state index in [1.54, 1.807) is 6.92 Å². The molecule has 0 aromatic rings. The van der Waals surface area contributed by atoms with Crippen LogP contribution in [0.1, 0.15) is 13.3 Å². The number of hydrogen-bond donors (Lipinski definition) is 2. The molecule has 0 radical (unpaired) electrons. The largest absolute Gasteiger partial charge is 0.480 e. The Bertz CT molecular complexity index is 256. The van der Waals surface area contributed by atoms with E-state index in [-0.39, 0.29) is 11.4 Å². The van der Waals surface area contributed by atoms with E-state index in [9.17, 15) is 9.59 Å². The van der Waals surface area contributed by atoms with Crippen LogP contribution < -0.4 is 5.73 Å². The number of hydrogen-bond acceptors (Lipinski definition) is 3. The number of ketones is 1. The number of carboxylic acids is 1. The fourth-order valence-electron chi connectivity index (χ4n) is 0.580. The molecule has 0 aliphatic rings.